The highest BCUT2D eigenvalue weighted by Gasteiger charge is 2.17. The van der Waals surface area contributed by atoms with E-state index in [1.165, 1.54) is 19.3 Å². The quantitative estimate of drug-likeness (QED) is 0.494. The summed E-state index contributed by atoms with van der Waals surface area (Å²) in [6.07, 6.45) is 0.793. The number of nitrogens with one attached hydrogen (secondary N) is 2. The Morgan fingerprint density at radius 3 is 2.47 bits per heavy atom. The fourth-order valence-electron chi connectivity index (χ4n) is 2.79. The molecule has 3 aromatic rings. The van der Waals surface area contributed by atoms with Crippen molar-refractivity contribution in [2.24, 2.45) is 0 Å². The molecule has 0 saturated carbocycles. The number of ether oxygens (including phenoxy) is 2. The number of carbonyl (C=O) groups is 2. The Morgan fingerprint density at radius 2 is 1.75 bits per heavy atom. The molecule has 32 heavy (non-hydrogen) atoms. The van der Waals surface area contributed by atoms with E-state index < -0.39 is 12.0 Å². The van der Waals surface area contributed by atoms with Crippen LogP contribution in [0, 0.1) is 0 Å². The number of benzene rings is 2. The van der Waals surface area contributed by atoms with Crippen LogP contribution in [-0.2, 0) is 5.41 Å². The standard InChI is InChI=1S/C24H25N3O5/c1-24(2,3)16-8-9-20(28)19(13-16)27-22(29)15-6-5-7-17(12-15)31-18-10-11-26-21(14-18)32-23(30)25-4/h5-14,28H,1-4H3,(H,25,30)(H,27,29). The van der Waals surface area contributed by atoms with Gasteiger partial charge in [0.2, 0.25) is 5.88 Å². The van der Waals surface area contributed by atoms with E-state index in [4.69, 9.17) is 9.47 Å². The van der Waals surface area contributed by atoms with Gasteiger partial charge in [0.05, 0.1) is 5.69 Å². The van der Waals surface area contributed by atoms with Crippen molar-refractivity contribution in [2.45, 2.75) is 26.2 Å². The maximum absolute atomic E-state index is 12.8. The van der Waals surface area contributed by atoms with Gasteiger partial charge in [-0.2, -0.15) is 0 Å². The molecule has 8 nitrogen and oxygen atoms in total. The molecular formula is C24H25N3O5. The van der Waals surface area contributed by atoms with E-state index in [9.17, 15) is 14.7 Å². The van der Waals surface area contributed by atoms with Crippen molar-refractivity contribution in [1.82, 2.24) is 10.3 Å². The summed E-state index contributed by atoms with van der Waals surface area (Å²) in [7, 11) is 1.44. The lowest BCUT2D eigenvalue weighted by atomic mass is 9.87. The number of carbonyl (C=O) groups excluding carboxylic acids is 2. The molecule has 0 radical (unpaired) electrons. The van der Waals surface area contributed by atoms with E-state index in [0.717, 1.165) is 5.56 Å². The minimum absolute atomic E-state index is 0.0146. The Bertz CT molecular complexity index is 1140. The van der Waals surface area contributed by atoms with Crippen LogP contribution in [0.4, 0.5) is 10.5 Å². The van der Waals surface area contributed by atoms with Gasteiger partial charge in [-0.05, 0) is 47.4 Å². The average molecular weight is 435 g/mol. The van der Waals surface area contributed by atoms with Crippen LogP contribution in [-0.4, -0.2) is 29.1 Å². The van der Waals surface area contributed by atoms with Crippen LogP contribution in [0.25, 0.3) is 0 Å². The van der Waals surface area contributed by atoms with Gasteiger partial charge in [-0.1, -0.05) is 32.9 Å². The van der Waals surface area contributed by atoms with E-state index in [0.29, 0.717) is 22.7 Å². The molecule has 1 heterocycles. The van der Waals surface area contributed by atoms with E-state index in [1.807, 2.05) is 6.07 Å². The van der Waals surface area contributed by atoms with Crippen molar-refractivity contribution in [1.29, 1.82) is 0 Å². The van der Waals surface area contributed by atoms with Crippen molar-refractivity contribution in [3.63, 3.8) is 0 Å². The molecule has 0 fully saturated rings. The smallest absolute Gasteiger partial charge is 0.413 e. The number of rotatable bonds is 5. The molecule has 2 aromatic carbocycles. The van der Waals surface area contributed by atoms with Crippen LogP contribution in [0.1, 0.15) is 36.7 Å². The van der Waals surface area contributed by atoms with Gasteiger partial charge < -0.3 is 25.2 Å². The van der Waals surface area contributed by atoms with Crippen molar-refractivity contribution >= 4 is 17.7 Å². The molecular weight excluding hydrogens is 410 g/mol. The number of hydrogen-bond acceptors (Lipinski definition) is 6. The van der Waals surface area contributed by atoms with Crippen LogP contribution in [0.5, 0.6) is 23.1 Å². The van der Waals surface area contributed by atoms with Crippen molar-refractivity contribution in [2.75, 3.05) is 12.4 Å². The van der Waals surface area contributed by atoms with Gasteiger partial charge in [-0.25, -0.2) is 9.78 Å². The third-order valence-corrected chi connectivity index (χ3v) is 4.55. The fraction of sp³-hybridized carbons (Fsp3) is 0.208. The maximum Gasteiger partial charge on any atom is 0.413 e. The molecule has 8 heteroatoms. The van der Waals surface area contributed by atoms with Crippen LogP contribution < -0.4 is 20.1 Å². The van der Waals surface area contributed by atoms with Crippen LogP contribution in [0.15, 0.2) is 60.8 Å². The summed E-state index contributed by atoms with van der Waals surface area (Å²) < 4.78 is 10.8. The van der Waals surface area contributed by atoms with E-state index >= 15 is 0 Å². The average Bonchev–Trinajstić information content (AvgIpc) is 2.74. The highest BCUT2D eigenvalue weighted by atomic mass is 16.6. The molecule has 0 aliphatic heterocycles. The highest BCUT2D eigenvalue weighted by Crippen LogP contribution is 2.31. The van der Waals surface area contributed by atoms with Gasteiger partial charge in [0.15, 0.2) is 0 Å². The number of hydrogen-bond donors (Lipinski definition) is 3. The number of nitrogens with zero attached hydrogens (tertiary/aromatic N) is 1. The number of phenolic OH excluding ortho intramolecular Hbond substituents is 1. The van der Waals surface area contributed by atoms with Gasteiger partial charge in [-0.15, -0.1) is 0 Å². The first-order valence-electron chi connectivity index (χ1n) is 9.94. The summed E-state index contributed by atoms with van der Waals surface area (Å²) in [6.45, 7) is 6.15. The number of pyridine rings is 1. The lowest BCUT2D eigenvalue weighted by Crippen LogP contribution is -2.22. The minimum Gasteiger partial charge on any atom is -0.506 e. The summed E-state index contributed by atoms with van der Waals surface area (Å²) in [4.78, 5) is 28.1. The Morgan fingerprint density at radius 1 is 1.00 bits per heavy atom. The molecule has 166 valence electrons. The summed E-state index contributed by atoms with van der Waals surface area (Å²) >= 11 is 0. The Kier molecular flexibility index (Phi) is 6.63. The first kappa shape index (κ1) is 22.6. The van der Waals surface area contributed by atoms with Crippen molar-refractivity contribution in [3.05, 3.63) is 71.9 Å². The molecule has 3 rings (SSSR count). The molecule has 0 bridgehead atoms. The number of amides is 2. The molecule has 0 aliphatic carbocycles. The van der Waals surface area contributed by atoms with Crippen LogP contribution in [0.2, 0.25) is 0 Å². The predicted octanol–water partition coefficient (Wildman–Crippen LogP) is 4.85. The number of anilines is 1. The molecule has 1 aromatic heterocycles. The monoisotopic (exact) mass is 435 g/mol. The zero-order valence-corrected chi connectivity index (χ0v) is 18.3. The van der Waals surface area contributed by atoms with Crippen LogP contribution >= 0.6 is 0 Å². The molecule has 2 amide bonds. The summed E-state index contributed by atoms with van der Waals surface area (Å²) in [6, 6.07) is 14.8. The lowest BCUT2D eigenvalue weighted by Gasteiger charge is -2.20. The third kappa shape index (κ3) is 5.75. The van der Waals surface area contributed by atoms with Gasteiger partial charge in [0.25, 0.3) is 5.91 Å². The van der Waals surface area contributed by atoms with E-state index in [2.05, 4.69) is 36.4 Å². The fourth-order valence-corrected chi connectivity index (χ4v) is 2.79. The zero-order chi connectivity index (χ0) is 23.3. The zero-order valence-electron chi connectivity index (χ0n) is 18.3. The van der Waals surface area contributed by atoms with Crippen molar-refractivity contribution in [3.8, 4) is 23.1 Å². The lowest BCUT2D eigenvalue weighted by molar-refractivity contribution is 0.102. The predicted molar refractivity (Wildman–Crippen MR) is 121 cm³/mol. The molecule has 0 saturated heterocycles. The third-order valence-electron chi connectivity index (χ3n) is 4.55. The first-order valence-corrected chi connectivity index (χ1v) is 9.94. The molecule has 0 unspecified atom stereocenters. The second kappa shape index (κ2) is 9.38. The normalized spacial score (nSPS) is 10.9. The number of phenols is 1. The summed E-state index contributed by atoms with van der Waals surface area (Å²) in [5.74, 6) is 0.453. The van der Waals surface area contributed by atoms with Crippen LogP contribution in [0.3, 0.4) is 0 Å². The maximum atomic E-state index is 12.8. The van der Waals surface area contributed by atoms with Gasteiger partial charge >= 0.3 is 6.09 Å². The number of aromatic hydroxyl groups is 1. The first-order chi connectivity index (χ1) is 15.2. The van der Waals surface area contributed by atoms with E-state index in [1.54, 1.807) is 42.5 Å². The minimum atomic E-state index is -0.646. The summed E-state index contributed by atoms with van der Waals surface area (Å²) in [5.41, 5.74) is 1.53. The second-order valence-corrected chi connectivity index (χ2v) is 8.04. The SMILES string of the molecule is CNC(=O)Oc1cc(Oc2cccc(C(=O)Nc3cc(C(C)(C)C)ccc3O)c2)ccn1. The van der Waals surface area contributed by atoms with Gasteiger partial charge in [-0.3, -0.25) is 4.79 Å². The summed E-state index contributed by atoms with van der Waals surface area (Å²) in [5, 5.41) is 15.2. The topological polar surface area (TPSA) is 110 Å². The number of aromatic nitrogens is 1. The molecule has 0 atom stereocenters. The molecule has 0 aliphatic rings. The van der Waals surface area contributed by atoms with E-state index in [-0.39, 0.29) is 17.0 Å². The van der Waals surface area contributed by atoms with Crippen molar-refractivity contribution < 1.29 is 24.2 Å². The Balaban J connectivity index is 1.76. The second-order valence-electron chi connectivity index (χ2n) is 8.04. The van der Waals surface area contributed by atoms with Gasteiger partial charge in [0.1, 0.15) is 17.2 Å². The van der Waals surface area contributed by atoms with Gasteiger partial charge in [0, 0.05) is 24.9 Å². The Hall–Kier alpha value is -4.07. The Labute approximate surface area is 186 Å². The highest BCUT2D eigenvalue weighted by molar-refractivity contribution is 6.05. The largest absolute Gasteiger partial charge is 0.506 e. The molecule has 3 N–H and O–H groups in total. The molecule has 0 spiro atoms.